The molecule has 0 radical (unpaired) electrons. The molecule has 3 heteroatoms. The van der Waals surface area contributed by atoms with Gasteiger partial charge in [0.15, 0.2) is 0 Å². The van der Waals surface area contributed by atoms with Gasteiger partial charge in [0.05, 0.1) is 13.1 Å². The Kier molecular flexibility index (Phi) is 13.4. The van der Waals surface area contributed by atoms with Gasteiger partial charge in [-0.3, -0.25) is 0 Å². The van der Waals surface area contributed by atoms with E-state index in [-0.39, 0.29) is 23.6 Å². The van der Waals surface area contributed by atoms with Gasteiger partial charge in [-0.05, 0) is 36.8 Å². The summed E-state index contributed by atoms with van der Waals surface area (Å²) in [6, 6.07) is 10.1. The number of halogens is 1. The lowest BCUT2D eigenvalue weighted by Crippen LogP contribution is -3.00. The van der Waals surface area contributed by atoms with E-state index in [0.29, 0.717) is 0 Å². The highest BCUT2D eigenvalue weighted by Crippen LogP contribution is 2.12. The summed E-state index contributed by atoms with van der Waals surface area (Å²) in [6.45, 7) is 8.23. The van der Waals surface area contributed by atoms with E-state index in [9.17, 15) is 0 Å². The molecule has 0 aliphatic rings. The third-order valence-electron chi connectivity index (χ3n) is 4.01. The van der Waals surface area contributed by atoms with Crippen molar-refractivity contribution in [2.45, 2.75) is 39.5 Å². The molecule has 1 aromatic carbocycles. The summed E-state index contributed by atoms with van der Waals surface area (Å²) in [6.07, 6.45) is 4.76. The summed E-state index contributed by atoms with van der Waals surface area (Å²) in [4.78, 5) is 0. The highest BCUT2D eigenvalue weighted by molar-refractivity contribution is 5.33. The zero-order valence-corrected chi connectivity index (χ0v) is 16.6. The van der Waals surface area contributed by atoms with Crippen molar-refractivity contribution in [3.05, 3.63) is 35.9 Å². The minimum absolute atomic E-state index is 0. The highest BCUT2D eigenvalue weighted by Gasteiger charge is 2.24. The largest absolute Gasteiger partial charge is 1.00 e. The molecule has 132 valence electrons. The van der Waals surface area contributed by atoms with Gasteiger partial charge in [-0.1, -0.05) is 56.7 Å². The maximum absolute atomic E-state index is 8.93. The number of nitrogens with zero attached hydrogens (tertiary/aromatic N) is 1. The van der Waals surface area contributed by atoms with E-state index in [1.807, 2.05) is 30.3 Å². The first-order chi connectivity index (χ1) is 11.3. The number of aliphatic hydroxyl groups is 1. The van der Waals surface area contributed by atoms with Crippen molar-refractivity contribution in [3.8, 4) is 23.7 Å². The van der Waals surface area contributed by atoms with Crippen LogP contribution in [0.2, 0.25) is 0 Å². The summed E-state index contributed by atoms with van der Waals surface area (Å²) in [5.41, 5.74) is 1.07. The molecule has 0 bridgehead atoms. The number of hydrogen-bond donors (Lipinski definition) is 1. The Morgan fingerprint density at radius 2 is 1.46 bits per heavy atom. The summed E-state index contributed by atoms with van der Waals surface area (Å²) >= 11 is 0. The standard InChI is InChI=1S/C21H30NO.BrH/c1-3-5-16-22(17-6-4-2,18-10-11-20-23)19-12-15-21-13-8-7-9-14-21;/h7-9,13-14,23H,3-6,16-20H2,1-2H3;1H/q+1;/p-1. The van der Waals surface area contributed by atoms with Crippen LogP contribution in [0, 0.1) is 23.7 Å². The second-order valence-electron chi connectivity index (χ2n) is 5.99. The van der Waals surface area contributed by atoms with Crippen LogP contribution in [0.25, 0.3) is 0 Å². The van der Waals surface area contributed by atoms with Gasteiger partial charge >= 0.3 is 0 Å². The lowest BCUT2D eigenvalue weighted by atomic mass is 10.2. The first kappa shape index (κ1) is 22.7. The fourth-order valence-corrected chi connectivity index (χ4v) is 2.58. The van der Waals surface area contributed by atoms with Crippen LogP contribution in [0.3, 0.4) is 0 Å². The van der Waals surface area contributed by atoms with Crippen molar-refractivity contribution < 1.29 is 26.6 Å². The molecule has 0 saturated carbocycles. The number of unbranched alkanes of at least 4 members (excludes halogenated alkanes) is 2. The van der Waals surface area contributed by atoms with Crippen molar-refractivity contribution in [1.29, 1.82) is 0 Å². The fourth-order valence-electron chi connectivity index (χ4n) is 2.58. The van der Waals surface area contributed by atoms with E-state index < -0.39 is 0 Å². The number of aliphatic hydroxyl groups excluding tert-OH is 1. The van der Waals surface area contributed by atoms with Gasteiger partial charge < -0.3 is 26.6 Å². The molecule has 2 nitrogen and oxygen atoms in total. The van der Waals surface area contributed by atoms with Crippen molar-refractivity contribution in [3.63, 3.8) is 0 Å². The normalized spacial score (nSPS) is 9.96. The molecule has 0 aromatic heterocycles. The zero-order valence-electron chi connectivity index (χ0n) is 15.0. The smallest absolute Gasteiger partial charge is 0.142 e. The summed E-state index contributed by atoms with van der Waals surface area (Å²) in [5, 5.41) is 8.93. The van der Waals surface area contributed by atoms with E-state index >= 15 is 0 Å². The average molecular weight is 392 g/mol. The molecule has 0 amide bonds. The van der Waals surface area contributed by atoms with Crippen LogP contribution in [0.1, 0.15) is 45.1 Å². The van der Waals surface area contributed by atoms with Gasteiger partial charge in [0.1, 0.15) is 19.7 Å². The first-order valence-electron chi connectivity index (χ1n) is 8.72. The lowest BCUT2D eigenvalue weighted by molar-refractivity contribution is -0.915. The fraction of sp³-hybridized carbons (Fsp3) is 0.524. The molecule has 1 rings (SSSR count). The maximum Gasteiger partial charge on any atom is 0.142 e. The van der Waals surface area contributed by atoms with Crippen LogP contribution < -0.4 is 17.0 Å². The van der Waals surface area contributed by atoms with Crippen LogP contribution in [-0.2, 0) is 0 Å². The van der Waals surface area contributed by atoms with Crippen molar-refractivity contribution in [1.82, 2.24) is 0 Å². The van der Waals surface area contributed by atoms with E-state index in [4.69, 9.17) is 5.11 Å². The predicted octanol–water partition coefficient (Wildman–Crippen LogP) is 0.455. The van der Waals surface area contributed by atoms with Gasteiger partial charge in [-0.15, -0.1) is 0 Å². The van der Waals surface area contributed by atoms with Crippen LogP contribution in [0.5, 0.6) is 0 Å². The van der Waals surface area contributed by atoms with Crippen LogP contribution in [-0.4, -0.2) is 42.4 Å². The molecule has 0 aliphatic carbocycles. The molecular formula is C21H30BrNO. The number of quaternary nitrogens is 1. The van der Waals surface area contributed by atoms with Crippen LogP contribution in [0.4, 0.5) is 0 Å². The van der Waals surface area contributed by atoms with Gasteiger partial charge in [0.25, 0.3) is 0 Å². The molecule has 0 atom stereocenters. The van der Waals surface area contributed by atoms with Crippen molar-refractivity contribution in [2.75, 3.05) is 32.8 Å². The van der Waals surface area contributed by atoms with Crippen LogP contribution in [0.15, 0.2) is 30.3 Å². The van der Waals surface area contributed by atoms with Crippen molar-refractivity contribution >= 4 is 0 Å². The molecular weight excluding hydrogens is 362 g/mol. The van der Waals surface area contributed by atoms with Gasteiger partial charge in [0, 0.05) is 5.56 Å². The SMILES string of the molecule is CCCC[N+](CC#CCO)(CC#Cc1ccccc1)CCCC.[Br-]. The molecule has 0 spiro atoms. The van der Waals surface area contributed by atoms with Crippen LogP contribution >= 0.6 is 0 Å². The quantitative estimate of drug-likeness (QED) is 0.504. The highest BCUT2D eigenvalue weighted by atomic mass is 79.9. The zero-order chi connectivity index (χ0) is 16.8. The summed E-state index contributed by atoms with van der Waals surface area (Å²) in [5.74, 6) is 12.6. The predicted molar refractivity (Wildman–Crippen MR) is 97.7 cm³/mol. The maximum atomic E-state index is 8.93. The van der Waals surface area contributed by atoms with Crippen molar-refractivity contribution in [2.24, 2.45) is 0 Å². The molecule has 1 N–H and O–H groups in total. The molecule has 0 aliphatic heterocycles. The molecule has 24 heavy (non-hydrogen) atoms. The second-order valence-corrected chi connectivity index (χ2v) is 5.99. The summed E-state index contributed by atoms with van der Waals surface area (Å²) in [7, 11) is 0. The third-order valence-corrected chi connectivity index (χ3v) is 4.01. The minimum atomic E-state index is -0.0583. The Morgan fingerprint density at radius 1 is 0.875 bits per heavy atom. The van der Waals surface area contributed by atoms with E-state index in [0.717, 1.165) is 36.2 Å². The van der Waals surface area contributed by atoms with Gasteiger partial charge in [-0.25, -0.2) is 0 Å². The monoisotopic (exact) mass is 391 g/mol. The average Bonchev–Trinajstić information content (AvgIpc) is 2.59. The second kappa shape index (κ2) is 14.1. The number of hydrogen-bond acceptors (Lipinski definition) is 1. The van der Waals surface area contributed by atoms with E-state index in [1.54, 1.807) is 0 Å². The minimum Gasteiger partial charge on any atom is -1.00 e. The Hall–Kier alpha value is -1.26. The van der Waals surface area contributed by atoms with Gasteiger partial charge in [0.2, 0.25) is 0 Å². The summed E-state index contributed by atoms with van der Waals surface area (Å²) < 4.78 is 0.925. The molecule has 0 saturated heterocycles. The van der Waals surface area contributed by atoms with E-state index in [2.05, 4.69) is 37.5 Å². The Labute approximate surface area is 158 Å². The molecule has 1 aromatic rings. The topological polar surface area (TPSA) is 20.2 Å². The van der Waals surface area contributed by atoms with Gasteiger partial charge in [-0.2, -0.15) is 0 Å². The first-order valence-corrected chi connectivity index (χ1v) is 8.72. The molecule has 0 fully saturated rings. The number of rotatable bonds is 8. The lowest BCUT2D eigenvalue weighted by Gasteiger charge is -2.35. The Bertz CT molecular complexity index is 540. The Balaban J connectivity index is 0.00000529. The Morgan fingerprint density at radius 3 is 2.00 bits per heavy atom. The third kappa shape index (κ3) is 9.14. The number of benzene rings is 1. The molecule has 0 unspecified atom stereocenters. The van der Waals surface area contributed by atoms with E-state index in [1.165, 1.54) is 25.7 Å². The molecule has 0 heterocycles.